The number of nitrogens with zero attached hydrogens (tertiary/aromatic N) is 2. The normalized spacial score (nSPS) is 11.2. The molecule has 3 rings (SSSR count). The Balaban J connectivity index is 2.44. The molecule has 2 aromatic carbocycles. The van der Waals surface area contributed by atoms with E-state index in [0.717, 1.165) is 0 Å². The van der Waals surface area contributed by atoms with Crippen LogP contribution in [0.1, 0.15) is 0 Å². The standard InChI is InChI=1S/C17H13N3O4S/c18-25(23,24)15-10-4-8-13(12-6-2-1-3-7-12)16(15)17-14(20(21)22)9-5-11-19-17/h1-11H,(H2,18,23,24). The molecule has 0 saturated heterocycles. The Morgan fingerprint density at radius 3 is 2.32 bits per heavy atom. The molecule has 126 valence electrons. The summed E-state index contributed by atoms with van der Waals surface area (Å²) in [6.07, 6.45) is 1.37. The van der Waals surface area contributed by atoms with Crippen LogP contribution in [0.3, 0.4) is 0 Å². The minimum atomic E-state index is -4.12. The number of nitrogens with two attached hydrogens (primary N) is 1. The van der Waals surface area contributed by atoms with Crippen LogP contribution < -0.4 is 5.14 Å². The van der Waals surface area contributed by atoms with E-state index in [1.807, 2.05) is 6.07 Å². The lowest BCUT2D eigenvalue weighted by Crippen LogP contribution is -2.14. The van der Waals surface area contributed by atoms with Gasteiger partial charge in [-0.25, -0.2) is 18.5 Å². The highest BCUT2D eigenvalue weighted by Gasteiger charge is 2.26. The van der Waals surface area contributed by atoms with Gasteiger partial charge in [0.1, 0.15) is 5.69 Å². The summed E-state index contributed by atoms with van der Waals surface area (Å²) in [4.78, 5) is 14.6. The minimum Gasteiger partial charge on any atom is -0.258 e. The van der Waals surface area contributed by atoms with Gasteiger partial charge in [0, 0.05) is 17.8 Å². The fourth-order valence-corrected chi connectivity index (χ4v) is 3.37. The monoisotopic (exact) mass is 355 g/mol. The molecule has 7 nitrogen and oxygen atoms in total. The summed E-state index contributed by atoms with van der Waals surface area (Å²) in [5, 5.41) is 16.7. The van der Waals surface area contributed by atoms with Crippen LogP contribution in [0.4, 0.5) is 5.69 Å². The third kappa shape index (κ3) is 3.25. The van der Waals surface area contributed by atoms with E-state index in [1.165, 1.54) is 24.4 Å². The van der Waals surface area contributed by atoms with Crippen LogP contribution in [0.2, 0.25) is 0 Å². The van der Waals surface area contributed by atoms with Crippen molar-refractivity contribution in [3.63, 3.8) is 0 Å². The second-order valence-electron chi connectivity index (χ2n) is 5.22. The van der Waals surface area contributed by atoms with Gasteiger partial charge in [-0.1, -0.05) is 42.5 Å². The molecule has 0 aliphatic heterocycles. The Hall–Kier alpha value is -3.10. The zero-order chi connectivity index (χ0) is 18.0. The smallest absolute Gasteiger partial charge is 0.258 e. The molecule has 8 heteroatoms. The van der Waals surface area contributed by atoms with Gasteiger partial charge in [0.05, 0.1) is 9.82 Å². The van der Waals surface area contributed by atoms with E-state index < -0.39 is 14.9 Å². The van der Waals surface area contributed by atoms with E-state index in [2.05, 4.69) is 4.98 Å². The SMILES string of the molecule is NS(=O)(=O)c1cccc(-c2ccccc2)c1-c1ncccc1[N+](=O)[O-]. The Morgan fingerprint density at radius 2 is 1.68 bits per heavy atom. The number of rotatable bonds is 4. The molecule has 0 saturated carbocycles. The number of hydrogen-bond acceptors (Lipinski definition) is 5. The molecule has 2 N–H and O–H groups in total. The molecule has 0 bridgehead atoms. The first-order valence-corrected chi connectivity index (χ1v) is 8.75. The molecule has 0 spiro atoms. The fraction of sp³-hybridized carbons (Fsp3) is 0. The van der Waals surface area contributed by atoms with E-state index in [1.54, 1.807) is 36.4 Å². The van der Waals surface area contributed by atoms with Gasteiger partial charge in [-0.15, -0.1) is 0 Å². The molecule has 0 unspecified atom stereocenters. The van der Waals surface area contributed by atoms with Crippen molar-refractivity contribution in [1.29, 1.82) is 0 Å². The first-order chi connectivity index (χ1) is 11.9. The minimum absolute atomic E-state index is 0.0454. The van der Waals surface area contributed by atoms with Crippen LogP contribution in [0, 0.1) is 10.1 Å². The quantitative estimate of drug-likeness (QED) is 0.570. The highest BCUT2D eigenvalue weighted by Crippen LogP contribution is 2.39. The van der Waals surface area contributed by atoms with Gasteiger partial charge in [0.2, 0.25) is 10.0 Å². The van der Waals surface area contributed by atoms with E-state index in [-0.39, 0.29) is 21.8 Å². The summed E-state index contributed by atoms with van der Waals surface area (Å²) >= 11 is 0. The first-order valence-electron chi connectivity index (χ1n) is 7.20. The summed E-state index contributed by atoms with van der Waals surface area (Å²) in [5.41, 5.74) is 0.965. The number of aromatic nitrogens is 1. The second-order valence-corrected chi connectivity index (χ2v) is 6.75. The summed E-state index contributed by atoms with van der Waals surface area (Å²) in [7, 11) is -4.12. The summed E-state index contributed by atoms with van der Waals surface area (Å²) in [6.45, 7) is 0. The topological polar surface area (TPSA) is 116 Å². The Morgan fingerprint density at radius 1 is 0.960 bits per heavy atom. The molecule has 3 aromatic rings. The van der Waals surface area contributed by atoms with Crippen molar-refractivity contribution in [2.45, 2.75) is 4.90 Å². The molecular formula is C17H13N3O4S. The molecule has 0 atom stereocenters. The van der Waals surface area contributed by atoms with Crippen molar-refractivity contribution < 1.29 is 13.3 Å². The Bertz CT molecular complexity index is 1050. The molecule has 0 amide bonds. The van der Waals surface area contributed by atoms with E-state index in [4.69, 9.17) is 5.14 Å². The van der Waals surface area contributed by atoms with Crippen LogP contribution in [-0.4, -0.2) is 18.3 Å². The average molecular weight is 355 g/mol. The van der Waals surface area contributed by atoms with Gasteiger partial charge in [-0.2, -0.15) is 0 Å². The van der Waals surface area contributed by atoms with Gasteiger partial charge in [0.25, 0.3) is 5.69 Å². The maximum Gasteiger partial charge on any atom is 0.295 e. The highest BCUT2D eigenvalue weighted by molar-refractivity contribution is 7.89. The number of nitro groups is 1. The van der Waals surface area contributed by atoms with Crippen molar-refractivity contribution in [1.82, 2.24) is 4.98 Å². The second kappa shape index (κ2) is 6.42. The zero-order valence-electron chi connectivity index (χ0n) is 12.9. The molecule has 0 fully saturated rings. The van der Waals surface area contributed by atoms with Crippen LogP contribution in [0.25, 0.3) is 22.4 Å². The van der Waals surface area contributed by atoms with Crippen molar-refractivity contribution in [2.75, 3.05) is 0 Å². The lowest BCUT2D eigenvalue weighted by atomic mass is 9.96. The lowest BCUT2D eigenvalue weighted by molar-refractivity contribution is -0.384. The number of sulfonamides is 1. The summed E-state index contributed by atoms with van der Waals surface area (Å²) in [6, 6.07) is 16.2. The van der Waals surface area contributed by atoms with Crippen LogP contribution >= 0.6 is 0 Å². The van der Waals surface area contributed by atoms with Gasteiger partial charge in [-0.3, -0.25) is 10.1 Å². The fourth-order valence-electron chi connectivity index (χ4n) is 2.61. The predicted octanol–water partition coefficient (Wildman–Crippen LogP) is 2.97. The lowest BCUT2D eigenvalue weighted by Gasteiger charge is -2.13. The molecule has 1 heterocycles. The molecule has 0 aliphatic carbocycles. The van der Waals surface area contributed by atoms with E-state index >= 15 is 0 Å². The molecule has 0 radical (unpaired) electrons. The van der Waals surface area contributed by atoms with Crippen LogP contribution in [0.15, 0.2) is 71.8 Å². The highest BCUT2D eigenvalue weighted by atomic mass is 32.2. The largest absolute Gasteiger partial charge is 0.295 e. The van der Waals surface area contributed by atoms with Crippen LogP contribution in [-0.2, 0) is 10.0 Å². The van der Waals surface area contributed by atoms with Crippen LogP contribution in [0.5, 0.6) is 0 Å². The van der Waals surface area contributed by atoms with Crippen molar-refractivity contribution in [2.24, 2.45) is 5.14 Å². The van der Waals surface area contributed by atoms with Gasteiger partial charge >= 0.3 is 0 Å². The molecule has 25 heavy (non-hydrogen) atoms. The van der Waals surface area contributed by atoms with Gasteiger partial charge in [-0.05, 0) is 23.3 Å². The maximum absolute atomic E-state index is 12.1. The van der Waals surface area contributed by atoms with Gasteiger partial charge < -0.3 is 0 Å². The number of primary sulfonamides is 1. The first kappa shape index (κ1) is 16.7. The molecule has 1 aromatic heterocycles. The Labute approximate surface area is 144 Å². The van der Waals surface area contributed by atoms with Gasteiger partial charge in [0.15, 0.2) is 0 Å². The Kier molecular flexibility index (Phi) is 4.30. The summed E-state index contributed by atoms with van der Waals surface area (Å²) < 4.78 is 24.1. The van der Waals surface area contributed by atoms with E-state index in [0.29, 0.717) is 11.1 Å². The molecule has 0 aliphatic rings. The average Bonchev–Trinajstić information content (AvgIpc) is 2.61. The van der Waals surface area contributed by atoms with Crippen molar-refractivity contribution in [3.8, 4) is 22.4 Å². The third-order valence-corrected chi connectivity index (χ3v) is 4.59. The predicted molar refractivity (Wildman–Crippen MR) is 93.1 cm³/mol. The number of benzene rings is 2. The van der Waals surface area contributed by atoms with Crippen molar-refractivity contribution in [3.05, 3.63) is 77.0 Å². The van der Waals surface area contributed by atoms with Crippen molar-refractivity contribution >= 4 is 15.7 Å². The summed E-state index contributed by atoms with van der Waals surface area (Å²) in [5.74, 6) is 0. The number of pyridine rings is 1. The van der Waals surface area contributed by atoms with E-state index in [9.17, 15) is 18.5 Å². The number of hydrogen-bond donors (Lipinski definition) is 1. The molecular weight excluding hydrogens is 342 g/mol. The third-order valence-electron chi connectivity index (χ3n) is 3.64. The maximum atomic E-state index is 12.1. The zero-order valence-corrected chi connectivity index (χ0v) is 13.7.